The summed E-state index contributed by atoms with van der Waals surface area (Å²) in [5.41, 5.74) is 28.6. The molecule has 0 saturated heterocycles. The van der Waals surface area contributed by atoms with Crippen molar-refractivity contribution in [2.24, 2.45) is 47.3 Å². The van der Waals surface area contributed by atoms with E-state index < -0.39 is 24.8 Å². The molecule has 0 amide bonds. The Morgan fingerprint density at radius 3 is 0.976 bits per heavy atom. The van der Waals surface area contributed by atoms with Crippen molar-refractivity contribution < 1.29 is 31.1 Å². The summed E-state index contributed by atoms with van der Waals surface area (Å²) in [6.45, 7) is 0. The Bertz CT molecular complexity index is 6420. The average molecular weight is 1850 g/mol. The van der Waals surface area contributed by atoms with Crippen LogP contribution in [0.2, 0.25) is 5.02 Å². The van der Waals surface area contributed by atoms with Gasteiger partial charge in [-0.15, -0.1) is 0 Å². The quantitative estimate of drug-likeness (QED) is 0.0775. The molecule has 26 rings (SSSR count). The molecule has 0 unspecified atom stereocenters. The number of hydrogen-bond acceptors (Lipinski definition) is 13. The molecule has 8 saturated carbocycles. The van der Waals surface area contributed by atoms with E-state index in [1.54, 1.807) is 18.1 Å². The van der Waals surface area contributed by atoms with Crippen molar-refractivity contribution in [1.29, 1.82) is 0 Å². The standard InChI is InChI=1S/C53H41N5.C28H27BO2.C25H16ClN5.HI2O/c1-4-10-35(11-5-1)38-17-19-47-46(30-38)45-18-16-39(31-48(45)53(47)43-23-33-22-34(25-43)26-44(53)24-33)40-27-41(49-20-21-54-32-55-49)29-42(28-40)52-57-50(36-12-6-2-7-13-36)56-51(58-52)37-14-8-3-9-15-37;30-29(31)23-7-8-24-25-15-20(19-4-2-1-3-5-19)6-9-26(25)28(27(24)16-23)21-11-17-10-18(13-21)14-22(28)12-17;26-21-14-19(22-11-12-27-16-28-22)13-20(15-21)25-30-23(17-7-3-1-4-8-17)29-24(31-25)18-9-5-2-6-10-18;1-2-3/h1-21,27-34,43-44H,22-26H2;1-9,15-18,21-22,30-31H,10-14H2;1-16H;3H/q;;;-1. The molecule has 10 aliphatic rings. The molecule has 10 aliphatic carbocycles. The van der Waals surface area contributed by atoms with Gasteiger partial charge in [0.2, 0.25) is 0 Å². The van der Waals surface area contributed by atoms with Crippen LogP contribution < -0.4 is 23.1 Å². The molecule has 8 bridgehead atoms. The fourth-order valence-electron chi connectivity index (χ4n) is 23.1. The van der Waals surface area contributed by atoms with Crippen molar-refractivity contribution >= 4 is 42.8 Å². The van der Waals surface area contributed by atoms with Gasteiger partial charge in [0.15, 0.2) is 34.9 Å². The van der Waals surface area contributed by atoms with E-state index in [2.05, 4.69) is 185 Å². The maximum atomic E-state index is 9.96. The summed E-state index contributed by atoms with van der Waals surface area (Å²) in [6, 6.07) is 106. The number of hydrogen-bond donors (Lipinski definition) is 3. The third-order valence-corrected chi connectivity index (χ3v) is 27.9. The molecule has 17 heteroatoms. The molecule has 0 radical (unpaired) electrons. The van der Waals surface area contributed by atoms with Crippen LogP contribution in [0.15, 0.2) is 328 Å². The Kier molecular flexibility index (Phi) is 21.5. The second-order valence-electron chi connectivity index (χ2n) is 34.4. The van der Waals surface area contributed by atoms with Gasteiger partial charge < -0.3 is 10.0 Å². The van der Waals surface area contributed by atoms with Gasteiger partial charge in [-0.3, -0.25) is 0 Å². The molecule has 0 aliphatic heterocycles. The van der Waals surface area contributed by atoms with Crippen LogP contribution in [0.5, 0.6) is 0 Å². The number of aromatic nitrogens is 10. The summed E-state index contributed by atoms with van der Waals surface area (Å²) in [4.78, 5) is 46.8. The molecule has 3 N–H and O–H groups in total. The van der Waals surface area contributed by atoms with Gasteiger partial charge in [0, 0.05) is 72.8 Å². The topological polar surface area (TPSA) is 190 Å². The van der Waals surface area contributed by atoms with Gasteiger partial charge in [0.1, 0.15) is 12.7 Å². The van der Waals surface area contributed by atoms with Crippen LogP contribution in [0.1, 0.15) is 86.5 Å². The predicted octanol–water partition coefficient (Wildman–Crippen LogP) is 20.5. The minimum Gasteiger partial charge on any atom is -0.245 e. The molecule has 12 aromatic carbocycles. The summed E-state index contributed by atoms with van der Waals surface area (Å²) < 4.78 is 7.67. The Hall–Kier alpha value is -11.5. The SMILES string of the molecule is Clc1cc(-c2ccncn2)cc(-c2nc(-c3ccccc3)nc(-c3ccccc3)n2)c1.OB(O)c1ccc2c(c1)C1(c3ccc(-c4ccccc4)cc3-2)C2CC3CC(C2)CC1C3.O[I-]I.c1ccc(-c2ccc3c(c2)-c2ccc(-c4cc(-c5ccncn5)cc(-c5nc(-c6ccccc6)nc(-c6ccccc6)n5)c4)cc2C32C3CC4CC(C3)CC2C4)cc1. The van der Waals surface area contributed by atoms with E-state index in [9.17, 15) is 10.0 Å². The Balaban J connectivity index is 0.000000121. The third-order valence-electron chi connectivity index (χ3n) is 27.7. The van der Waals surface area contributed by atoms with Crippen LogP contribution in [-0.2, 0) is 10.8 Å². The zero-order valence-corrected chi connectivity index (χ0v) is 72.5. The summed E-state index contributed by atoms with van der Waals surface area (Å²) in [5, 5.41) is 20.5. The second kappa shape index (κ2) is 33.6. The van der Waals surface area contributed by atoms with E-state index in [1.807, 2.05) is 158 Å². The molecule has 602 valence electrons. The van der Waals surface area contributed by atoms with Crippen molar-refractivity contribution in [1.82, 2.24) is 49.8 Å². The number of halogens is 3. The summed E-state index contributed by atoms with van der Waals surface area (Å²) >= 11 is 7.96. The first-order valence-electron chi connectivity index (χ1n) is 42.7. The third kappa shape index (κ3) is 14.8. The molecule has 123 heavy (non-hydrogen) atoms. The molecule has 0 atom stereocenters. The van der Waals surface area contributed by atoms with Gasteiger partial charge >= 0.3 is 46.8 Å². The zero-order valence-electron chi connectivity index (χ0n) is 67.4. The van der Waals surface area contributed by atoms with Crippen LogP contribution >= 0.6 is 30.2 Å². The minimum atomic E-state index is -1.41. The van der Waals surface area contributed by atoms with Crippen molar-refractivity contribution in [2.75, 3.05) is 0 Å². The zero-order chi connectivity index (χ0) is 82.7. The summed E-state index contributed by atoms with van der Waals surface area (Å²) in [7, 11) is -1.41. The van der Waals surface area contributed by atoms with Crippen molar-refractivity contribution in [3.8, 4) is 146 Å². The van der Waals surface area contributed by atoms with Gasteiger partial charge in [-0.2, -0.15) is 0 Å². The van der Waals surface area contributed by atoms with E-state index in [1.165, 1.54) is 137 Å². The first-order valence-corrected chi connectivity index (χ1v) is 50.3. The van der Waals surface area contributed by atoms with Gasteiger partial charge in [-0.05, 0) is 262 Å². The van der Waals surface area contributed by atoms with Crippen molar-refractivity contribution in [3.63, 3.8) is 0 Å². The van der Waals surface area contributed by atoms with Gasteiger partial charge in [0.05, 0.1) is 11.4 Å². The Morgan fingerprint density at radius 2 is 0.602 bits per heavy atom. The average Bonchev–Trinajstić information content (AvgIpc) is 1.53. The number of benzene rings is 12. The smallest absolute Gasteiger partial charge is 0.164 e. The number of rotatable bonds is 12. The predicted molar refractivity (Wildman–Crippen MR) is 495 cm³/mol. The maximum Gasteiger partial charge on any atom is 0.164 e. The molecule has 16 aromatic rings. The van der Waals surface area contributed by atoms with E-state index in [0.29, 0.717) is 69.1 Å². The van der Waals surface area contributed by atoms with Crippen LogP contribution in [0.25, 0.3) is 146 Å². The second-order valence-corrected chi connectivity index (χ2v) is 37.6. The molecule has 2 spiro atoms. The molecule has 13 nitrogen and oxygen atoms in total. The Morgan fingerprint density at radius 1 is 0.293 bits per heavy atom. The number of fused-ring (bicyclic) bond motifs is 6. The van der Waals surface area contributed by atoms with E-state index in [4.69, 9.17) is 49.9 Å². The normalized spacial score (nSPS) is 21.3. The van der Waals surface area contributed by atoms with Crippen molar-refractivity contribution in [3.05, 3.63) is 356 Å². The maximum absolute atomic E-state index is 9.96. The van der Waals surface area contributed by atoms with Crippen LogP contribution in [0.4, 0.5) is 0 Å². The Labute approximate surface area is 742 Å². The largest absolute Gasteiger partial charge is 0.245 e. The van der Waals surface area contributed by atoms with Crippen LogP contribution in [-0.4, -0.2) is 70.4 Å². The minimum absolute atomic E-state index is 0.0415. The summed E-state index contributed by atoms with van der Waals surface area (Å²) in [5.74, 6) is 9.92. The fraction of sp³-hybridized carbons (Fsp3) is 0.189. The first-order chi connectivity index (χ1) is 60.5. The fourth-order valence-corrected chi connectivity index (χ4v) is 23.4. The van der Waals surface area contributed by atoms with Crippen molar-refractivity contribution in [2.45, 2.75) is 75.0 Å². The van der Waals surface area contributed by atoms with E-state index in [-0.39, 0.29) is 10.8 Å². The monoisotopic (exact) mass is 1850 g/mol. The summed E-state index contributed by atoms with van der Waals surface area (Å²) in [6.07, 6.45) is 20.2. The van der Waals surface area contributed by atoms with E-state index in [0.717, 1.165) is 85.1 Å². The van der Waals surface area contributed by atoms with Gasteiger partial charge in [-0.1, -0.05) is 248 Å². The van der Waals surface area contributed by atoms with Gasteiger partial charge in [-0.25, -0.2) is 49.8 Å². The molecular weight excluding hydrogens is 1760 g/mol. The molecule has 4 aromatic heterocycles. The van der Waals surface area contributed by atoms with Gasteiger partial charge in [0.25, 0.3) is 0 Å². The van der Waals surface area contributed by atoms with Crippen LogP contribution in [0.3, 0.4) is 0 Å². The van der Waals surface area contributed by atoms with E-state index >= 15 is 0 Å². The molecule has 8 fully saturated rings. The first kappa shape index (κ1) is 78.7. The molecule has 4 heterocycles. The molecular formula is C106H85BClI2N10O3-. The number of nitrogens with zero attached hydrogens (tertiary/aromatic N) is 10. The van der Waals surface area contributed by atoms with Crippen LogP contribution in [0, 0.1) is 47.3 Å².